The molecule has 0 atom stereocenters. The number of hydrogen-bond acceptors (Lipinski definition) is 3. The minimum absolute atomic E-state index is 0.108. The first-order valence-corrected chi connectivity index (χ1v) is 5.88. The topological polar surface area (TPSA) is 87.0 Å². The highest BCUT2D eigenvalue weighted by molar-refractivity contribution is 6.03. The number of benzene rings is 2. The highest BCUT2D eigenvalue weighted by Crippen LogP contribution is 2.17. The van der Waals surface area contributed by atoms with Gasteiger partial charge in [-0.3, -0.25) is 4.99 Å². The summed E-state index contributed by atoms with van der Waals surface area (Å²) >= 11 is 0. The number of aliphatic imine (C=N–C) groups is 1. The molecule has 0 heterocycles. The van der Waals surface area contributed by atoms with Gasteiger partial charge in [-0.25, -0.2) is 14.0 Å². The van der Waals surface area contributed by atoms with E-state index in [-0.39, 0.29) is 16.8 Å². The predicted octanol–water partition coefficient (Wildman–Crippen LogP) is 2.97. The molecule has 0 amide bonds. The van der Waals surface area contributed by atoms with Gasteiger partial charge in [0.25, 0.3) is 0 Å². The number of carboxylic acid groups (broad SMARTS) is 2. The molecule has 0 radical (unpaired) electrons. The van der Waals surface area contributed by atoms with Crippen LogP contribution in [-0.4, -0.2) is 28.4 Å². The fourth-order valence-corrected chi connectivity index (χ4v) is 1.71. The molecule has 0 aliphatic heterocycles. The number of aromatic carboxylic acids is 2. The SMILES string of the molecule is O=C(O)c1ccc(/C=N/c2ccccc2F)cc1C(=O)O. The summed E-state index contributed by atoms with van der Waals surface area (Å²) in [5.41, 5.74) is -0.192. The van der Waals surface area contributed by atoms with Crippen molar-refractivity contribution in [2.24, 2.45) is 4.99 Å². The van der Waals surface area contributed by atoms with Crippen LogP contribution < -0.4 is 0 Å². The molecule has 21 heavy (non-hydrogen) atoms. The third kappa shape index (κ3) is 3.30. The van der Waals surface area contributed by atoms with Crippen LogP contribution in [0.1, 0.15) is 26.3 Å². The van der Waals surface area contributed by atoms with Crippen molar-refractivity contribution in [2.45, 2.75) is 0 Å². The number of carbonyl (C=O) groups is 2. The molecule has 2 aromatic rings. The van der Waals surface area contributed by atoms with Crippen LogP contribution >= 0.6 is 0 Å². The van der Waals surface area contributed by atoms with Crippen LogP contribution in [-0.2, 0) is 0 Å². The van der Waals surface area contributed by atoms with Gasteiger partial charge in [0.15, 0.2) is 0 Å². The number of para-hydroxylation sites is 1. The molecule has 0 saturated carbocycles. The Kier molecular flexibility index (Phi) is 4.08. The lowest BCUT2D eigenvalue weighted by Crippen LogP contribution is -2.08. The minimum atomic E-state index is -1.35. The van der Waals surface area contributed by atoms with Crippen molar-refractivity contribution in [3.63, 3.8) is 0 Å². The average Bonchev–Trinajstić information content (AvgIpc) is 2.46. The molecule has 5 nitrogen and oxygen atoms in total. The van der Waals surface area contributed by atoms with Crippen molar-refractivity contribution in [1.82, 2.24) is 0 Å². The summed E-state index contributed by atoms with van der Waals surface area (Å²) < 4.78 is 13.4. The molecule has 2 aromatic carbocycles. The van der Waals surface area contributed by atoms with Crippen molar-refractivity contribution in [3.8, 4) is 0 Å². The summed E-state index contributed by atoms with van der Waals surface area (Å²) in [6.45, 7) is 0. The van der Waals surface area contributed by atoms with E-state index in [1.54, 1.807) is 6.07 Å². The third-order valence-corrected chi connectivity index (χ3v) is 2.71. The van der Waals surface area contributed by atoms with E-state index < -0.39 is 17.8 Å². The number of hydrogen-bond donors (Lipinski definition) is 2. The number of rotatable bonds is 4. The van der Waals surface area contributed by atoms with Crippen molar-refractivity contribution in [3.05, 3.63) is 65.0 Å². The van der Waals surface area contributed by atoms with Crippen LogP contribution in [0.4, 0.5) is 10.1 Å². The quantitative estimate of drug-likeness (QED) is 0.846. The fourth-order valence-electron chi connectivity index (χ4n) is 1.71. The molecule has 2 rings (SSSR count). The zero-order valence-electron chi connectivity index (χ0n) is 10.7. The molecule has 0 spiro atoms. The molecule has 6 heteroatoms. The van der Waals surface area contributed by atoms with Gasteiger partial charge in [-0.05, 0) is 29.8 Å². The Bertz CT molecular complexity index is 740. The summed E-state index contributed by atoms with van der Waals surface area (Å²) in [5, 5.41) is 17.9. The summed E-state index contributed by atoms with van der Waals surface area (Å²) in [5.74, 6) is -3.19. The predicted molar refractivity (Wildman–Crippen MR) is 74.0 cm³/mol. The maximum Gasteiger partial charge on any atom is 0.336 e. The molecule has 0 unspecified atom stereocenters. The molecule has 106 valence electrons. The standard InChI is InChI=1S/C15H10FNO4/c16-12-3-1-2-4-13(12)17-8-9-5-6-10(14(18)19)11(7-9)15(20)21/h1-8H,(H,18,19)(H,20,21)/b17-8+. The molecule has 0 fully saturated rings. The molecular formula is C15H10FNO4. The van der Waals surface area contributed by atoms with Crippen molar-refractivity contribution in [2.75, 3.05) is 0 Å². The summed E-state index contributed by atoms with van der Waals surface area (Å²) in [6.07, 6.45) is 1.27. The zero-order valence-corrected chi connectivity index (χ0v) is 10.7. The summed E-state index contributed by atoms with van der Waals surface area (Å²) in [4.78, 5) is 25.9. The first-order chi connectivity index (χ1) is 9.99. The Balaban J connectivity index is 2.38. The highest BCUT2D eigenvalue weighted by atomic mass is 19.1. The van der Waals surface area contributed by atoms with Crippen molar-refractivity contribution >= 4 is 23.8 Å². The fraction of sp³-hybridized carbons (Fsp3) is 0. The van der Waals surface area contributed by atoms with Gasteiger partial charge in [-0.1, -0.05) is 18.2 Å². The van der Waals surface area contributed by atoms with E-state index in [0.29, 0.717) is 5.56 Å². The molecule has 2 N–H and O–H groups in total. The van der Waals surface area contributed by atoms with Gasteiger partial charge in [0.2, 0.25) is 0 Å². The lowest BCUT2D eigenvalue weighted by atomic mass is 10.0. The number of carboxylic acids is 2. The maximum atomic E-state index is 13.4. The second-order valence-corrected chi connectivity index (χ2v) is 4.12. The van der Waals surface area contributed by atoms with Gasteiger partial charge in [-0.2, -0.15) is 0 Å². The van der Waals surface area contributed by atoms with Crippen LogP contribution in [0, 0.1) is 5.82 Å². The first-order valence-electron chi connectivity index (χ1n) is 5.88. The van der Waals surface area contributed by atoms with Crippen LogP contribution in [0.5, 0.6) is 0 Å². The van der Waals surface area contributed by atoms with Gasteiger partial charge in [0, 0.05) is 6.21 Å². The Labute approximate surface area is 119 Å². The van der Waals surface area contributed by atoms with Gasteiger partial charge in [0.1, 0.15) is 5.82 Å². The lowest BCUT2D eigenvalue weighted by Gasteiger charge is -2.02. The maximum absolute atomic E-state index is 13.4. The highest BCUT2D eigenvalue weighted by Gasteiger charge is 2.15. The Morgan fingerprint density at radius 2 is 1.67 bits per heavy atom. The molecular weight excluding hydrogens is 277 g/mol. The Morgan fingerprint density at radius 1 is 1.00 bits per heavy atom. The molecule has 0 aliphatic carbocycles. The second kappa shape index (κ2) is 5.96. The minimum Gasteiger partial charge on any atom is -0.478 e. The van der Waals surface area contributed by atoms with Crippen molar-refractivity contribution in [1.29, 1.82) is 0 Å². The zero-order chi connectivity index (χ0) is 15.4. The van der Waals surface area contributed by atoms with Gasteiger partial charge >= 0.3 is 11.9 Å². The van der Waals surface area contributed by atoms with Crippen LogP contribution in [0.2, 0.25) is 0 Å². The van der Waals surface area contributed by atoms with Gasteiger partial charge in [0.05, 0.1) is 16.8 Å². The average molecular weight is 287 g/mol. The summed E-state index contributed by atoms with van der Waals surface area (Å²) in [6, 6.07) is 9.62. The van der Waals surface area contributed by atoms with Crippen LogP contribution in [0.3, 0.4) is 0 Å². The van der Waals surface area contributed by atoms with E-state index in [1.165, 1.54) is 42.6 Å². The van der Waals surface area contributed by atoms with Crippen LogP contribution in [0.25, 0.3) is 0 Å². The molecule has 0 bridgehead atoms. The van der Waals surface area contributed by atoms with E-state index in [2.05, 4.69) is 4.99 Å². The van der Waals surface area contributed by atoms with E-state index in [1.807, 2.05) is 0 Å². The first kappa shape index (κ1) is 14.4. The third-order valence-electron chi connectivity index (χ3n) is 2.71. The van der Waals surface area contributed by atoms with Gasteiger partial charge in [-0.15, -0.1) is 0 Å². The Hall–Kier alpha value is -3.02. The molecule has 0 aromatic heterocycles. The summed E-state index contributed by atoms with van der Waals surface area (Å²) in [7, 11) is 0. The van der Waals surface area contributed by atoms with E-state index in [4.69, 9.17) is 10.2 Å². The van der Waals surface area contributed by atoms with E-state index >= 15 is 0 Å². The van der Waals surface area contributed by atoms with Crippen LogP contribution in [0.15, 0.2) is 47.5 Å². The smallest absolute Gasteiger partial charge is 0.336 e. The van der Waals surface area contributed by atoms with Gasteiger partial charge < -0.3 is 10.2 Å². The number of halogens is 1. The second-order valence-electron chi connectivity index (χ2n) is 4.12. The molecule has 0 aliphatic rings. The number of nitrogens with zero attached hydrogens (tertiary/aromatic N) is 1. The van der Waals surface area contributed by atoms with E-state index in [0.717, 1.165) is 0 Å². The Morgan fingerprint density at radius 3 is 2.29 bits per heavy atom. The molecule has 0 saturated heterocycles. The van der Waals surface area contributed by atoms with E-state index in [9.17, 15) is 14.0 Å². The lowest BCUT2D eigenvalue weighted by molar-refractivity contribution is 0.0651. The van der Waals surface area contributed by atoms with Crippen molar-refractivity contribution < 1.29 is 24.2 Å². The largest absolute Gasteiger partial charge is 0.478 e. The monoisotopic (exact) mass is 287 g/mol. The normalized spacial score (nSPS) is 10.7.